The van der Waals surface area contributed by atoms with E-state index in [1.807, 2.05) is 32.9 Å². The number of benzene rings is 1. The van der Waals surface area contributed by atoms with Gasteiger partial charge in [-0.3, -0.25) is 4.79 Å². The van der Waals surface area contributed by atoms with Crippen LogP contribution < -0.4 is 15.8 Å². The van der Waals surface area contributed by atoms with Gasteiger partial charge < -0.3 is 20.5 Å². The molecule has 1 aromatic rings. The van der Waals surface area contributed by atoms with E-state index in [-0.39, 0.29) is 29.1 Å². The van der Waals surface area contributed by atoms with Crippen LogP contribution in [0, 0.1) is 5.41 Å². The maximum absolute atomic E-state index is 12.4. The predicted octanol–water partition coefficient (Wildman–Crippen LogP) is 2.65. The van der Waals surface area contributed by atoms with Crippen molar-refractivity contribution in [2.75, 3.05) is 26.9 Å². The van der Waals surface area contributed by atoms with Crippen LogP contribution in [0.4, 0.5) is 0 Å². The molecule has 1 amide bonds. The summed E-state index contributed by atoms with van der Waals surface area (Å²) in [6.07, 6.45) is 1.76. The number of halogens is 1. The maximum Gasteiger partial charge on any atom is 0.237 e. The number of hydrogen-bond donors (Lipinski definition) is 2. The molecule has 1 aromatic carbocycles. The van der Waals surface area contributed by atoms with Crippen LogP contribution in [0.1, 0.15) is 39.2 Å². The third-order valence-corrected chi connectivity index (χ3v) is 4.97. The van der Waals surface area contributed by atoms with Crippen LogP contribution in [-0.4, -0.2) is 38.8 Å². The molecule has 1 atom stereocenters. The summed E-state index contributed by atoms with van der Waals surface area (Å²) in [5.74, 6) is 0.738. The van der Waals surface area contributed by atoms with Crippen LogP contribution in [0.15, 0.2) is 24.3 Å². The highest BCUT2D eigenvalue weighted by Gasteiger charge is 2.36. The zero-order valence-corrected chi connectivity index (χ0v) is 16.4. The first-order valence-corrected chi connectivity index (χ1v) is 8.54. The number of amides is 1. The Morgan fingerprint density at radius 3 is 2.32 bits per heavy atom. The lowest BCUT2D eigenvalue weighted by molar-refractivity contribution is -0.125. The summed E-state index contributed by atoms with van der Waals surface area (Å²) in [5, 5.41) is 3.08. The summed E-state index contributed by atoms with van der Waals surface area (Å²) in [4.78, 5) is 12.4. The summed E-state index contributed by atoms with van der Waals surface area (Å²) >= 11 is 0. The number of rotatable bonds is 5. The van der Waals surface area contributed by atoms with Gasteiger partial charge in [0.2, 0.25) is 5.91 Å². The largest absolute Gasteiger partial charge is 0.497 e. The van der Waals surface area contributed by atoms with Gasteiger partial charge in [0.05, 0.1) is 13.2 Å². The van der Waals surface area contributed by atoms with Gasteiger partial charge in [0.15, 0.2) is 0 Å². The fourth-order valence-electron chi connectivity index (χ4n) is 3.03. The Bertz CT molecular complexity index is 549. The Morgan fingerprint density at radius 2 is 1.84 bits per heavy atom. The Balaban J connectivity index is 0.00000312. The first kappa shape index (κ1) is 21.7. The summed E-state index contributed by atoms with van der Waals surface area (Å²) in [5.41, 5.74) is 6.91. The van der Waals surface area contributed by atoms with E-state index in [1.165, 1.54) is 5.56 Å². The Labute approximate surface area is 157 Å². The molecule has 0 saturated carbocycles. The standard InChI is InChI=1S/C19H30N2O3.ClH/c1-18(2,3)16(20)17(22)21-13-19(9-11-24-12-10-19)14-5-7-15(23-4)8-6-14;/h5-8,16H,9-13,20H2,1-4H3,(H,21,22);1H/t16-;/m1./s1. The van der Waals surface area contributed by atoms with E-state index in [9.17, 15) is 4.79 Å². The molecule has 0 radical (unpaired) electrons. The van der Waals surface area contributed by atoms with Crippen molar-refractivity contribution in [2.45, 2.75) is 45.1 Å². The van der Waals surface area contributed by atoms with E-state index in [0.29, 0.717) is 19.8 Å². The van der Waals surface area contributed by atoms with Crippen LogP contribution in [0.3, 0.4) is 0 Å². The van der Waals surface area contributed by atoms with Gasteiger partial charge in [-0.15, -0.1) is 12.4 Å². The van der Waals surface area contributed by atoms with E-state index in [1.54, 1.807) is 7.11 Å². The average molecular weight is 371 g/mol. The molecule has 1 fully saturated rings. The summed E-state index contributed by atoms with van der Waals surface area (Å²) < 4.78 is 10.8. The summed E-state index contributed by atoms with van der Waals surface area (Å²) in [6.45, 7) is 7.91. The SMILES string of the molecule is COc1ccc(C2(CNC(=O)[C@@H](N)C(C)(C)C)CCOCC2)cc1.Cl. The highest BCUT2D eigenvalue weighted by atomic mass is 35.5. The molecule has 2 rings (SSSR count). The normalized spacial score (nSPS) is 18.0. The van der Waals surface area contributed by atoms with Crippen molar-refractivity contribution in [3.05, 3.63) is 29.8 Å². The number of carbonyl (C=O) groups excluding carboxylic acids is 1. The molecule has 1 aliphatic rings. The molecule has 0 spiro atoms. The zero-order valence-electron chi connectivity index (χ0n) is 15.6. The van der Waals surface area contributed by atoms with E-state index in [0.717, 1.165) is 18.6 Å². The number of nitrogens with two attached hydrogens (primary N) is 1. The molecule has 3 N–H and O–H groups in total. The summed E-state index contributed by atoms with van der Waals surface area (Å²) in [7, 11) is 1.66. The lowest BCUT2D eigenvalue weighted by atomic mass is 9.74. The van der Waals surface area contributed by atoms with Crippen molar-refractivity contribution in [3.63, 3.8) is 0 Å². The number of carbonyl (C=O) groups is 1. The number of ether oxygens (including phenoxy) is 2. The average Bonchev–Trinajstić information content (AvgIpc) is 2.59. The van der Waals surface area contributed by atoms with E-state index in [4.69, 9.17) is 15.2 Å². The molecule has 1 heterocycles. The molecule has 1 aliphatic heterocycles. The van der Waals surface area contributed by atoms with Crippen molar-refractivity contribution >= 4 is 18.3 Å². The van der Waals surface area contributed by atoms with Gasteiger partial charge in [0.25, 0.3) is 0 Å². The second-order valence-corrected chi connectivity index (χ2v) is 7.68. The monoisotopic (exact) mass is 370 g/mol. The smallest absolute Gasteiger partial charge is 0.237 e. The molecular weight excluding hydrogens is 340 g/mol. The quantitative estimate of drug-likeness (QED) is 0.835. The number of nitrogens with one attached hydrogen (secondary N) is 1. The molecule has 142 valence electrons. The van der Waals surface area contributed by atoms with Crippen LogP contribution in [0.2, 0.25) is 0 Å². The highest BCUT2D eigenvalue weighted by molar-refractivity contribution is 5.85. The Kier molecular flexibility index (Phi) is 7.72. The maximum atomic E-state index is 12.4. The molecule has 25 heavy (non-hydrogen) atoms. The first-order chi connectivity index (χ1) is 11.3. The van der Waals surface area contributed by atoms with Crippen molar-refractivity contribution in [3.8, 4) is 5.75 Å². The van der Waals surface area contributed by atoms with Gasteiger partial charge in [-0.05, 0) is 36.0 Å². The van der Waals surface area contributed by atoms with Gasteiger partial charge in [-0.1, -0.05) is 32.9 Å². The summed E-state index contributed by atoms with van der Waals surface area (Å²) in [6, 6.07) is 7.58. The molecule has 0 aromatic heterocycles. The second-order valence-electron chi connectivity index (χ2n) is 7.68. The minimum Gasteiger partial charge on any atom is -0.497 e. The van der Waals surface area contributed by atoms with E-state index < -0.39 is 6.04 Å². The topological polar surface area (TPSA) is 73.6 Å². The molecule has 0 unspecified atom stereocenters. The van der Waals surface area contributed by atoms with Crippen molar-refractivity contribution in [1.82, 2.24) is 5.32 Å². The molecule has 6 heteroatoms. The third kappa shape index (κ3) is 5.33. The number of hydrogen-bond acceptors (Lipinski definition) is 4. The van der Waals surface area contributed by atoms with Gasteiger partial charge >= 0.3 is 0 Å². The molecular formula is C19H31ClN2O3. The molecule has 0 bridgehead atoms. The van der Waals surface area contributed by atoms with Gasteiger partial charge in [0, 0.05) is 25.2 Å². The fraction of sp³-hybridized carbons (Fsp3) is 0.632. The lowest BCUT2D eigenvalue weighted by Gasteiger charge is -2.38. The van der Waals surface area contributed by atoms with E-state index in [2.05, 4.69) is 17.4 Å². The second kappa shape index (κ2) is 8.88. The third-order valence-electron chi connectivity index (χ3n) is 4.97. The highest BCUT2D eigenvalue weighted by Crippen LogP contribution is 2.35. The van der Waals surface area contributed by atoms with Crippen LogP contribution in [0.25, 0.3) is 0 Å². The van der Waals surface area contributed by atoms with Crippen LogP contribution in [0.5, 0.6) is 5.75 Å². The van der Waals surface area contributed by atoms with Gasteiger partial charge in [-0.25, -0.2) is 0 Å². The Morgan fingerprint density at radius 1 is 1.28 bits per heavy atom. The van der Waals surface area contributed by atoms with Crippen molar-refractivity contribution in [2.24, 2.45) is 11.1 Å². The van der Waals surface area contributed by atoms with Gasteiger partial charge in [-0.2, -0.15) is 0 Å². The molecule has 1 saturated heterocycles. The number of methoxy groups -OCH3 is 1. The molecule has 0 aliphatic carbocycles. The van der Waals surface area contributed by atoms with Gasteiger partial charge in [0.1, 0.15) is 5.75 Å². The minimum atomic E-state index is -0.523. The fourth-order valence-corrected chi connectivity index (χ4v) is 3.03. The van der Waals surface area contributed by atoms with Crippen LogP contribution >= 0.6 is 12.4 Å². The zero-order chi connectivity index (χ0) is 17.8. The molecule has 5 nitrogen and oxygen atoms in total. The first-order valence-electron chi connectivity index (χ1n) is 8.54. The lowest BCUT2D eigenvalue weighted by Crippen LogP contribution is -2.52. The van der Waals surface area contributed by atoms with Crippen LogP contribution in [-0.2, 0) is 14.9 Å². The van der Waals surface area contributed by atoms with E-state index >= 15 is 0 Å². The minimum absolute atomic E-state index is 0. The predicted molar refractivity (Wildman–Crippen MR) is 102 cm³/mol. The Hall–Kier alpha value is -1.30. The van der Waals surface area contributed by atoms with Crippen molar-refractivity contribution in [1.29, 1.82) is 0 Å². The van der Waals surface area contributed by atoms with Crippen molar-refractivity contribution < 1.29 is 14.3 Å².